The van der Waals surface area contributed by atoms with Gasteiger partial charge in [-0.3, -0.25) is 4.79 Å². The molecule has 168 valence electrons. The molecule has 1 N–H and O–H groups in total. The zero-order valence-electron chi connectivity index (χ0n) is 17.7. The Kier molecular flexibility index (Phi) is 5.71. The highest BCUT2D eigenvalue weighted by Crippen LogP contribution is 2.28. The molecule has 0 bridgehead atoms. The largest absolute Gasteiger partial charge is 0.379 e. The third kappa shape index (κ3) is 4.03. The number of nitrogens with one attached hydrogen (secondary N) is 1. The van der Waals surface area contributed by atoms with Crippen LogP contribution < -0.4 is 0 Å². The quantitative estimate of drug-likeness (QED) is 0.654. The van der Waals surface area contributed by atoms with Crippen LogP contribution in [0.3, 0.4) is 0 Å². The number of benzene rings is 2. The van der Waals surface area contributed by atoms with Crippen LogP contribution in [-0.2, 0) is 14.8 Å². The summed E-state index contributed by atoms with van der Waals surface area (Å²) in [5.74, 6) is 1.21. The highest BCUT2D eigenvalue weighted by molar-refractivity contribution is 7.89. The Hall–Kier alpha value is -2.75. The number of likely N-dealkylation sites (tertiary alicyclic amines) is 1. The number of imidazole rings is 1. The summed E-state index contributed by atoms with van der Waals surface area (Å²) in [6, 6.07) is 14.3. The summed E-state index contributed by atoms with van der Waals surface area (Å²) >= 11 is 0. The van der Waals surface area contributed by atoms with E-state index in [-0.39, 0.29) is 10.8 Å². The minimum absolute atomic E-state index is 0.0663. The molecule has 0 saturated carbocycles. The molecule has 9 heteroatoms. The van der Waals surface area contributed by atoms with Crippen molar-refractivity contribution in [2.75, 3.05) is 39.4 Å². The molecule has 0 radical (unpaired) electrons. The summed E-state index contributed by atoms with van der Waals surface area (Å²) in [4.78, 5) is 23.1. The molecule has 1 aromatic heterocycles. The maximum atomic E-state index is 13.0. The number of amides is 1. The van der Waals surface area contributed by atoms with Crippen LogP contribution in [-0.4, -0.2) is 72.9 Å². The molecule has 3 aromatic rings. The second-order valence-corrected chi connectivity index (χ2v) is 10.2. The number of rotatable bonds is 4. The normalized spacial score (nSPS) is 18.8. The first-order valence-corrected chi connectivity index (χ1v) is 12.4. The molecule has 2 aliphatic heterocycles. The Bertz CT molecular complexity index is 1180. The SMILES string of the molecule is O=C(c1ccc(S(=O)(=O)N2CCOCC2)cc1)N1CCC(c2nc3ccccc3[nH]2)CC1. The Morgan fingerprint density at radius 2 is 1.66 bits per heavy atom. The summed E-state index contributed by atoms with van der Waals surface area (Å²) < 4.78 is 32.2. The first-order chi connectivity index (χ1) is 15.5. The minimum Gasteiger partial charge on any atom is -0.379 e. The highest BCUT2D eigenvalue weighted by atomic mass is 32.2. The van der Waals surface area contributed by atoms with Crippen LogP contribution in [0.25, 0.3) is 11.0 Å². The molecule has 3 heterocycles. The lowest BCUT2D eigenvalue weighted by atomic mass is 9.95. The number of morpholine rings is 1. The lowest BCUT2D eigenvalue weighted by Crippen LogP contribution is -2.40. The standard InChI is InChI=1S/C23H26N4O4S/c28-23(18-5-7-19(8-6-18)32(29,30)27-13-15-31-16-14-27)26-11-9-17(10-12-26)22-24-20-3-1-2-4-21(20)25-22/h1-8,17H,9-16H2,(H,24,25). The fourth-order valence-electron chi connectivity index (χ4n) is 4.41. The van der Waals surface area contributed by atoms with Crippen LogP contribution in [0.2, 0.25) is 0 Å². The molecule has 5 rings (SSSR count). The van der Waals surface area contributed by atoms with E-state index in [0.717, 1.165) is 29.7 Å². The van der Waals surface area contributed by atoms with E-state index in [1.807, 2.05) is 29.2 Å². The van der Waals surface area contributed by atoms with E-state index in [1.165, 1.54) is 16.4 Å². The molecule has 2 saturated heterocycles. The molecule has 2 aromatic carbocycles. The molecule has 0 aliphatic carbocycles. The molecule has 0 spiro atoms. The van der Waals surface area contributed by atoms with E-state index >= 15 is 0 Å². The molecule has 0 atom stereocenters. The van der Waals surface area contributed by atoms with E-state index < -0.39 is 10.0 Å². The molecule has 2 aliphatic rings. The van der Waals surface area contributed by atoms with Crippen molar-refractivity contribution in [3.8, 4) is 0 Å². The Labute approximate surface area is 187 Å². The van der Waals surface area contributed by atoms with Gasteiger partial charge in [0.05, 0.1) is 29.1 Å². The summed E-state index contributed by atoms with van der Waals surface area (Å²) in [6.45, 7) is 2.80. The zero-order valence-corrected chi connectivity index (χ0v) is 18.6. The van der Waals surface area contributed by atoms with Gasteiger partial charge in [0, 0.05) is 37.7 Å². The van der Waals surface area contributed by atoms with Crippen molar-refractivity contribution in [1.82, 2.24) is 19.2 Å². The van der Waals surface area contributed by atoms with Crippen LogP contribution in [0.15, 0.2) is 53.4 Å². The number of fused-ring (bicyclic) bond motifs is 1. The average molecular weight is 455 g/mol. The first kappa shape index (κ1) is 21.1. The molecule has 1 amide bonds. The Morgan fingerprint density at radius 3 is 2.34 bits per heavy atom. The zero-order chi connectivity index (χ0) is 22.1. The first-order valence-electron chi connectivity index (χ1n) is 10.9. The summed E-state index contributed by atoms with van der Waals surface area (Å²) in [7, 11) is -3.56. The minimum atomic E-state index is -3.56. The molecule has 8 nitrogen and oxygen atoms in total. The number of hydrogen-bond donors (Lipinski definition) is 1. The van der Waals surface area contributed by atoms with Crippen molar-refractivity contribution in [1.29, 1.82) is 0 Å². The highest BCUT2D eigenvalue weighted by Gasteiger charge is 2.28. The number of hydrogen-bond acceptors (Lipinski definition) is 5. The summed E-state index contributed by atoms with van der Waals surface area (Å²) in [6.07, 6.45) is 1.68. The number of piperidine rings is 1. The number of sulfonamides is 1. The number of carbonyl (C=O) groups is 1. The van der Waals surface area contributed by atoms with Gasteiger partial charge >= 0.3 is 0 Å². The van der Waals surface area contributed by atoms with Gasteiger partial charge in [0.25, 0.3) is 5.91 Å². The number of nitrogens with zero attached hydrogens (tertiary/aromatic N) is 3. The van der Waals surface area contributed by atoms with Crippen molar-refractivity contribution in [2.24, 2.45) is 0 Å². The van der Waals surface area contributed by atoms with E-state index in [9.17, 15) is 13.2 Å². The van der Waals surface area contributed by atoms with Gasteiger partial charge in [-0.05, 0) is 49.2 Å². The van der Waals surface area contributed by atoms with Crippen molar-refractivity contribution >= 4 is 27.0 Å². The van der Waals surface area contributed by atoms with Gasteiger partial charge in [-0.25, -0.2) is 13.4 Å². The number of aromatic nitrogens is 2. The molecular formula is C23H26N4O4S. The van der Waals surface area contributed by atoms with Crippen molar-refractivity contribution in [3.05, 3.63) is 59.9 Å². The van der Waals surface area contributed by atoms with E-state index in [2.05, 4.69) is 4.98 Å². The lowest BCUT2D eigenvalue weighted by molar-refractivity contribution is 0.0711. The maximum Gasteiger partial charge on any atom is 0.253 e. The van der Waals surface area contributed by atoms with Crippen LogP contribution >= 0.6 is 0 Å². The van der Waals surface area contributed by atoms with Crippen molar-refractivity contribution < 1.29 is 17.9 Å². The Morgan fingerprint density at radius 1 is 0.969 bits per heavy atom. The summed E-state index contributed by atoms with van der Waals surface area (Å²) in [5.41, 5.74) is 2.51. The van der Waals surface area contributed by atoms with Crippen LogP contribution in [0.1, 0.15) is 34.9 Å². The number of aromatic amines is 1. The van der Waals surface area contributed by atoms with Crippen LogP contribution in [0.5, 0.6) is 0 Å². The second kappa shape index (κ2) is 8.65. The van der Waals surface area contributed by atoms with Crippen molar-refractivity contribution in [2.45, 2.75) is 23.7 Å². The number of para-hydroxylation sites is 2. The van der Waals surface area contributed by atoms with Gasteiger partial charge in [0.1, 0.15) is 5.82 Å². The fraction of sp³-hybridized carbons (Fsp3) is 0.391. The topological polar surface area (TPSA) is 95.6 Å². The van der Waals surface area contributed by atoms with Gasteiger partial charge < -0.3 is 14.6 Å². The lowest BCUT2D eigenvalue weighted by Gasteiger charge is -2.31. The van der Waals surface area contributed by atoms with E-state index in [4.69, 9.17) is 9.72 Å². The van der Waals surface area contributed by atoms with Gasteiger partial charge in [-0.15, -0.1) is 0 Å². The predicted octanol–water partition coefficient (Wildman–Crippen LogP) is 2.60. The van der Waals surface area contributed by atoms with Gasteiger partial charge in [-0.2, -0.15) is 4.31 Å². The third-order valence-electron chi connectivity index (χ3n) is 6.29. The molecule has 0 unspecified atom stereocenters. The molecule has 2 fully saturated rings. The van der Waals surface area contributed by atoms with Gasteiger partial charge in [-0.1, -0.05) is 12.1 Å². The van der Waals surface area contributed by atoms with E-state index in [0.29, 0.717) is 50.9 Å². The van der Waals surface area contributed by atoms with Gasteiger partial charge in [0.15, 0.2) is 0 Å². The number of H-pyrrole nitrogens is 1. The van der Waals surface area contributed by atoms with Crippen molar-refractivity contribution in [3.63, 3.8) is 0 Å². The average Bonchev–Trinajstić information content (AvgIpc) is 3.29. The smallest absolute Gasteiger partial charge is 0.253 e. The predicted molar refractivity (Wildman–Crippen MR) is 120 cm³/mol. The summed E-state index contributed by atoms with van der Waals surface area (Å²) in [5, 5.41) is 0. The number of ether oxygens (including phenoxy) is 1. The third-order valence-corrected chi connectivity index (χ3v) is 8.20. The molecular weight excluding hydrogens is 428 g/mol. The number of carbonyl (C=O) groups excluding carboxylic acids is 1. The van der Waals surface area contributed by atoms with Crippen LogP contribution in [0, 0.1) is 0 Å². The monoisotopic (exact) mass is 454 g/mol. The van der Waals surface area contributed by atoms with E-state index in [1.54, 1.807) is 12.1 Å². The van der Waals surface area contributed by atoms with Gasteiger partial charge in [0.2, 0.25) is 10.0 Å². The fourth-order valence-corrected chi connectivity index (χ4v) is 5.82. The second-order valence-electron chi connectivity index (χ2n) is 8.25. The maximum absolute atomic E-state index is 13.0. The van der Waals surface area contributed by atoms with Crippen LogP contribution in [0.4, 0.5) is 0 Å². The molecule has 32 heavy (non-hydrogen) atoms. The Balaban J connectivity index is 1.23.